The molecule has 0 aromatic carbocycles. The highest BCUT2D eigenvalue weighted by atomic mass is 16.5. The maximum atomic E-state index is 11.8. The van der Waals surface area contributed by atoms with Gasteiger partial charge in [-0.15, -0.1) is 0 Å². The van der Waals surface area contributed by atoms with E-state index in [1.165, 1.54) is 23.9 Å². The minimum absolute atomic E-state index is 0.0455. The Balaban J connectivity index is 1.86. The van der Waals surface area contributed by atoms with Gasteiger partial charge < -0.3 is 10.1 Å². The minimum atomic E-state index is -0.0455. The normalized spacial score (nSPS) is 15.4. The first-order valence-electron chi connectivity index (χ1n) is 6.71. The highest BCUT2D eigenvalue weighted by molar-refractivity contribution is 5.40. The fourth-order valence-electron chi connectivity index (χ4n) is 1.93. The molecular formula is C13H21N3O2. The van der Waals surface area contributed by atoms with Gasteiger partial charge in [-0.2, -0.15) is 5.10 Å². The summed E-state index contributed by atoms with van der Waals surface area (Å²) in [6.07, 6.45) is 6.21. The summed E-state index contributed by atoms with van der Waals surface area (Å²) >= 11 is 0. The Morgan fingerprint density at radius 1 is 1.56 bits per heavy atom. The van der Waals surface area contributed by atoms with E-state index in [0.717, 1.165) is 12.1 Å². The zero-order chi connectivity index (χ0) is 12.8. The summed E-state index contributed by atoms with van der Waals surface area (Å²) in [6, 6.07) is 2.16. The second-order valence-electron chi connectivity index (χ2n) is 4.63. The van der Waals surface area contributed by atoms with Crippen LogP contribution in [0.2, 0.25) is 0 Å². The maximum absolute atomic E-state index is 11.8. The molecule has 0 bridgehead atoms. The molecule has 5 heteroatoms. The molecule has 1 aromatic rings. The smallest absolute Gasteiger partial charge is 0.268 e. The zero-order valence-electron chi connectivity index (χ0n) is 10.9. The predicted molar refractivity (Wildman–Crippen MR) is 70.9 cm³/mol. The number of hydrogen-bond acceptors (Lipinski definition) is 4. The Labute approximate surface area is 107 Å². The van der Waals surface area contributed by atoms with Crippen molar-refractivity contribution in [3.8, 4) is 0 Å². The third kappa shape index (κ3) is 3.57. The molecule has 0 aliphatic heterocycles. The molecule has 0 atom stereocenters. The van der Waals surface area contributed by atoms with Crippen molar-refractivity contribution in [2.24, 2.45) is 0 Å². The van der Waals surface area contributed by atoms with E-state index < -0.39 is 0 Å². The molecule has 1 aliphatic carbocycles. The molecule has 0 unspecified atom stereocenters. The van der Waals surface area contributed by atoms with Crippen molar-refractivity contribution >= 4 is 5.69 Å². The lowest BCUT2D eigenvalue weighted by Crippen LogP contribution is -2.29. The molecule has 0 saturated heterocycles. The minimum Gasteiger partial charge on any atom is -0.382 e. The van der Waals surface area contributed by atoms with E-state index in [1.807, 2.05) is 6.92 Å². The van der Waals surface area contributed by atoms with Crippen LogP contribution in [0.3, 0.4) is 0 Å². The number of rotatable bonds is 7. The Kier molecular flexibility index (Phi) is 4.75. The van der Waals surface area contributed by atoms with E-state index in [0.29, 0.717) is 25.8 Å². The Morgan fingerprint density at radius 2 is 2.39 bits per heavy atom. The fraction of sp³-hybridized carbons (Fsp3) is 0.692. The second kappa shape index (κ2) is 6.54. The van der Waals surface area contributed by atoms with Crippen LogP contribution in [0.25, 0.3) is 0 Å². The van der Waals surface area contributed by atoms with Crippen LogP contribution in [0.4, 0.5) is 5.69 Å². The van der Waals surface area contributed by atoms with Gasteiger partial charge in [-0.05, 0) is 32.6 Å². The molecule has 1 saturated carbocycles. The zero-order valence-corrected chi connectivity index (χ0v) is 10.9. The van der Waals surface area contributed by atoms with Gasteiger partial charge in [0.2, 0.25) is 0 Å². The summed E-state index contributed by atoms with van der Waals surface area (Å²) in [5, 5.41) is 7.50. The van der Waals surface area contributed by atoms with E-state index in [2.05, 4.69) is 10.4 Å². The van der Waals surface area contributed by atoms with Crippen LogP contribution in [-0.2, 0) is 11.3 Å². The van der Waals surface area contributed by atoms with E-state index in [4.69, 9.17) is 4.74 Å². The average Bonchev–Trinajstić information content (AvgIpc) is 2.31. The fourth-order valence-corrected chi connectivity index (χ4v) is 1.93. The van der Waals surface area contributed by atoms with Crippen LogP contribution in [0.5, 0.6) is 0 Å². The third-order valence-electron chi connectivity index (χ3n) is 3.21. The number of aryl methyl sites for hydroxylation is 1. The van der Waals surface area contributed by atoms with Crippen LogP contribution in [0.15, 0.2) is 17.1 Å². The van der Waals surface area contributed by atoms with E-state index in [-0.39, 0.29) is 5.56 Å². The van der Waals surface area contributed by atoms with Crippen molar-refractivity contribution in [3.05, 3.63) is 22.6 Å². The third-order valence-corrected chi connectivity index (χ3v) is 3.21. The number of nitrogens with one attached hydrogen (secondary N) is 1. The van der Waals surface area contributed by atoms with Crippen molar-refractivity contribution in [1.29, 1.82) is 0 Å². The summed E-state index contributed by atoms with van der Waals surface area (Å²) in [7, 11) is 0. The largest absolute Gasteiger partial charge is 0.382 e. The summed E-state index contributed by atoms with van der Waals surface area (Å²) in [6.45, 7) is 3.97. The van der Waals surface area contributed by atoms with Crippen LogP contribution >= 0.6 is 0 Å². The summed E-state index contributed by atoms with van der Waals surface area (Å²) < 4.78 is 6.73. The lowest BCUT2D eigenvalue weighted by molar-refractivity contribution is 0.140. The average molecular weight is 251 g/mol. The quantitative estimate of drug-likeness (QED) is 0.748. The Bertz CT molecular complexity index is 426. The standard InChI is InChI=1S/C13H21N3O2/c1-2-18-8-4-7-16-13(17)9-12(10-14-16)15-11-5-3-6-11/h9-11,15H,2-8H2,1H3. The molecule has 100 valence electrons. The lowest BCUT2D eigenvalue weighted by atomic mass is 9.93. The Morgan fingerprint density at radius 3 is 3.00 bits per heavy atom. The Hall–Kier alpha value is -1.36. The van der Waals surface area contributed by atoms with Gasteiger partial charge in [0.25, 0.3) is 5.56 Å². The van der Waals surface area contributed by atoms with Gasteiger partial charge in [0.15, 0.2) is 0 Å². The van der Waals surface area contributed by atoms with Crippen LogP contribution < -0.4 is 10.9 Å². The maximum Gasteiger partial charge on any atom is 0.268 e. The molecule has 1 heterocycles. The number of hydrogen-bond donors (Lipinski definition) is 1. The topological polar surface area (TPSA) is 56.1 Å². The van der Waals surface area contributed by atoms with Crippen LogP contribution in [0, 0.1) is 0 Å². The van der Waals surface area contributed by atoms with Gasteiger partial charge in [-0.1, -0.05) is 0 Å². The highest BCUT2D eigenvalue weighted by Crippen LogP contribution is 2.21. The van der Waals surface area contributed by atoms with E-state index in [9.17, 15) is 4.79 Å². The molecule has 0 radical (unpaired) electrons. The first-order chi connectivity index (χ1) is 8.79. The van der Waals surface area contributed by atoms with Gasteiger partial charge >= 0.3 is 0 Å². The summed E-state index contributed by atoms with van der Waals surface area (Å²) in [4.78, 5) is 11.8. The van der Waals surface area contributed by atoms with Crippen LogP contribution in [0.1, 0.15) is 32.6 Å². The van der Waals surface area contributed by atoms with E-state index in [1.54, 1.807) is 12.3 Å². The number of nitrogens with zero attached hydrogens (tertiary/aromatic N) is 2. The highest BCUT2D eigenvalue weighted by Gasteiger charge is 2.17. The predicted octanol–water partition coefficient (Wildman–Crippen LogP) is 1.63. The summed E-state index contributed by atoms with van der Waals surface area (Å²) in [5.41, 5.74) is 0.793. The van der Waals surface area contributed by atoms with Crippen molar-refractivity contribution in [2.45, 2.75) is 45.2 Å². The van der Waals surface area contributed by atoms with Crippen LogP contribution in [-0.4, -0.2) is 29.0 Å². The van der Waals surface area contributed by atoms with Gasteiger partial charge in [0.1, 0.15) is 0 Å². The van der Waals surface area contributed by atoms with Crippen molar-refractivity contribution in [1.82, 2.24) is 9.78 Å². The number of ether oxygens (including phenoxy) is 1. The van der Waals surface area contributed by atoms with E-state index >= 15 is 0 Å². The number of aromatic nitrogens is 2. The molecule has 1 aromatic heterocycles. The van der Waals surface area contributed by atoms with Gasteiger partial charge in [0.05, 0.1) is 11.9 Å². The van der Waals surface area contributed by atoms with Gasteiger partial charge in [-0.25, -0.2) is 4.68 Å². The molecule has 2 rings (SSSR count). The molecule has 0 spiro atoms. The molecule has 1 aliphatic rings. The summed E-state index contributed by atoms with van der Waals surface area (Å²) in [5.74, 6) is 0. The molecule has 18 heavy (non-hydrogen) atoms. The van der Waals surface area contributed by atoms with Gasteiger partial charge in [0, 0.05) is 31.9 Å². The molecular weight excluding hydrogens is 230 g/mol. The first kappa shape index (κ1) is 13.1. The second-order valence-corrected chi connectivity index (χ2v) is 4.63. The van der Waals surface area contributed by atoms with Gasteiger partial charge in [-0.3, -0.25) is 4.79 Å². The van der Waals surface area contributed by atoms with Crippen molar-refractivity contribution in [3.63, 3.8) is 0 Å². The molecule has 1 fully saturated rings. The first-order valence-corrected chi connectivity index (χ1v) is 6.71. The lowest BCUT2D eigenvalue weighted by Gasteiger charge is -2.27. The molecule has 0 amide bonds. The molecule has 5 nitrogen and oxygen atoms in total. The monoisotopic (exact) mass is 251 g/mol. The van der Waals surface area contributed by atoms with Crippen molar-refractivity contribution < 1.29 is 4.74 Å². The number of anilines is 1. The molecule has 1 N–H and O–H groups in total. The van der Waals surface area contributed by atoms with Crippen molar-refractivity contribution in [2.75, 3.05) is 18.5 Å². The SMILES string of the molecule is CCOCCCn1ncc(NC2CCC2)cc1=O.